The van der Waals surface area contributed by atoms with E-state index < -0.39 is 0 Å². The van der Waals surface area contributed by atoms with Crippen LogP contribution in [-0.4, -0.2) is 15.7 Å². The van der Waals surface area contributed by atoms with Crippen LogP contribution in [0, 0.1) is 0 Å². The van der Waals surface area contributed by atoms with Crippen LogP contribution in [0.15, 0.2) is 23.0 Å². The van der Waals surface area contributed by atoms with Crippen molar-refractivity contribution in [2.24, 2.45) is 7.05 Å². The third-order valence-corrected chi connectivity index (χ3v) is 2.95. The zero-order valence-electron chi connectivity index (χ0n) is 8.80. The van der Waals surface area contributed by atoms with Gasteiger partial charge in [0.2, 0.25) is 0 Å². The molecule has 1 amide bonds. The number of aromatic nitrogens is 2. The van der Waals surface area contributed by atoms with E-state index in [4.69, 9.17) is 5.73 Å². The molecule has 2 aromatic rings. The molecule has 0 aliphatic rings. The summed E-state index contributed by atoms with van der Waals surface area (Å²) >= 11 is 1.60. The third-order valence-electron chi connectivity index (χ3n) is 2.22. The molecule has 5 nitrogen and oxygen atoms in total. The number of rotatable bonds is 3. The first-order valence-electron chi connectivity index (χ1n) is 4.75. The maximum absolute atomic E-state index is 11.8. The van der Waals surface area contributed by atoms with Crippen molar-refractivity contribution in [3.8, 4) is 0 Å². The number of aryl methyl sites for hydroxylation is 1. The van der Waals surface area contributed by atoms with E-state index in [9.17, 15) is 4.79 Å². The zero-order chi connectivity index (χ0) is 11.5. The summed E-state index contributed by atoms with van der Waals surface area (Å²) in [7, 11) is 1.69. The van der Waals surface area contributed by atoms with Gasteiger partial charge in [-0.2, -0.15) is 16.4 Å². The zero-order valence-corrected chi connectivity index (χ0v) is 9.62. The Morgan fingerprint density at radius 3 is 3.06 bits per heavy atom. The van der Waals surface area contributed by atoms with E-state index in [0.717, 1.165) is 5.56 Å². The topological polar surface area (TPSA) is 72.9 Å². The maximum Gasteiger partial charge on any atom is 0.271 e. The lowest BCUT2D eigenvalue weighted by atomic mass is 10.3. The molecule has 0 radical (unpaired) electrons. The molecule has 0 unspecified atom stereocenters. The normalized spacial score (nSPS) is 10.3. The number of nitrogens with two attached hydrogens (primary N) is 1. The Kier molecular flexibility index (Phi) is 2.91. The Morgan fingerprint density at radius 2 is 2.50 bits per heavy atom. The summed E-state index contributed by atoms with van der Waals surface area (Å²) in [6.07, 6.45) is 1.47. The van der Waals surface area contributed by atoms with Crippen molar-refractivity contribution in [3.05, 3.63) is 34.3 Å². The van der Waals surface area contributed by atoms with Gasteiger partial charge in [0, 0.05) is 13.6 Å². The number of amides is 1. The Hall–Kier alpha value is -1.82. The predicted octanol–water partition coefficient (Wildman–Crippen LogP) is 0.994. The summed E-state index contributed by atoms with van der Waals surface area (Å²) in [6, 6.07) is 1.97. The highest BCUT2D eigenvalue weighted by atomic mass is 32.1. The van der Waals surface area contributed by atoms with Gasteiger partial charge in [-0.25, -0.2) is 0 Å². The molecule has 3 N–H and O–H groups in total. The van der Waals surface area contributed by atoms with Gasteiger partial charge in [-0.1, -0.05) is 0 Å². The van der Waals surface area contributed by atoms with Crippen LogP contribution in [0.3, 0.4) is 0 Å². The molecule has 6 heteroatoms. The minimum Gasteiger partial charge on any atom is -0.396 e. The Balaban J connectivity index is 2.04. The number of anilines is 1. The average molecular weight is 236 g/mol. The molecule has 0 aliphatic carbocycles. The minimum absolute atomic E-state index is 0.205. The second-order valence-corrected chi connectivity index (χ2v) is 4.17. The Morgan fingerprint density at radius 1 is 1.69 bits per heavy atom. The van der Waals surface area contributed by atoms with Crippen LogP contribution < -0.4 is 11.1 Å². The first kappa shape index (κ1) is 10.7. The van der Waals surface area contributed by atoms with E-state index in [-0.39, 0.29) is 5.91 Å². The molecule has 2 rings (SSSR count). The van der Waals surface area contributed by atoms with E-state index in [1.54, 1.807) is 18.4 Å². The Labute approximate surface area is 96.9 Å². The van der Waals surface area contributed by atoms with Crippen molar-refractivity contribution in [2.45, 2.75) is 6.54 Å². The SMILES string of the molecule is Cn1ncc(N)c1C(=O)NCc1ccsc1. The first-order valence-corrected chi connectivity index (χ1v) is 5.69. The lowest BCUT2D eigenvalue weighted by molar-refractivity contribution is 0.0942. The molecule has 2 heterocycles. The van der Waals surface area contributed by atoms with Crippen molar-refractivity contribution in [1.82, 2.24) is 15.1 Å². The fourth-order valence-electron chi connectivity index (χ4n) is 1.39. The molecule has 0 aromatic carbocycles. The molecule has 0 fully saturated rings. The summed E-state index contributed by atoms with van der Waals surface area (Å²) in [5, 5.41) is 10.7. The van der Waals surface area contributed by atoms with Crippen molar-refractivity contribution in [2.75, 3.05) is 5.73 Å². The summed E-state index contributed by atoms with van der Waals surface area (Å²) in [5.74, 6) is -0.205. The lowest BCUT2D eigenvalue weighted by Gasteiger charge is -2.04. The van der Waals surface area contributed by atoms with E-state index in [1.807, 2.05) is 16.8 Å². The van der Waals surface area contributed by atoms with Gasteiger partial charge < -0.3 is 11.1 Å². The summed E-state index contributed by atoms with van der Waals surface area (Å²) < 4.78 is 1.47. The maximum atomic E-state index is 11.8. The van der Waals surface area contributed by atoms with Gasteiger partial charge in [0.1, 0.15) is 5.69 Å². The van der Waals surface area contributed by atoms with E-state index in [0.29, 0.717) is 17.9 Å². The average Bonchev–Trinajstić information content (AvgIpc) is 2.86. The number of hydrogen-bond acceptors (Lipinski definition) is 4. The summed E-state index contributed by atoms with van der Waals surface area (Å²) in [5.41, 5.74) is 7.52. The molecular weight excluding hydrogens is 224 g/mol. The quantitative estimate of drug-likeness (QED) is 0.834. The van der Waals surface area contributed by atoms with Crippen LogP contribution in [0.1, 0.15) is 16.1 Å². The highest BCUT2D eigenvalue weighted by Gasteiger charge is 2.14. The van der Waals surface area contributed by atoms with Gasteiger partial charge in [0.05, 0.1) is 11.9 Å². The molecule has 0 aliphatic heterocycles. The second kappa shape index (κ2) is 4.36. The minimum atomic E-state index is -0.205. The molecule has 0 bridgehead atoms. The van der Waals surface area contributed by atoms with Crippen LogP contribution in [0.4, 0.5) is 5.69 Å². The van der Waals surface area contributed by atoms with Crippen molar-refractivity contribution in [3.63, 3.8) is 0 Å². The fraction of sp³-hybridized carbons (Fsp3) is 0.200. The van der Waals surface area contributed by atoms with E-state index >= 15 is 0 Å². The first-order chi connectivity index (χ1) is 7.68. The number of thiophene rings is 1. The smallest absolute Gasteiger partial charge is 0.271 e. The van der Waals surface area contributed by atoms with Crippen LogP contribution in [0.25, 0.3) is 0 Å². The van der Waals surface area contributed by atoms with Crippen LogP contribution >= 0.6 is 11.3 Å². The van der Waals surface area contributed by atoms with Gasteiger partial charge in [-0.3, -0.25) is 9.48 Å². The van der Waals surface area contributed by atoms with E-state index in [1.165, 1.54) is 10.9 Å². The Bertz CT molecular complexity index is 469. The second-order valence-electron chi connectivity index (χ2n) is 3.39. The summed E-state index contributed by atoms with van der Waals surface area (Å²) in [4.78, 5) is 11.8. The monoisotopic (exact) mass is 236 g/mol. The largest absolute Gasteiger partial charge is 0.396 e. The van der Waals surface area contributed by atoms with Crippen LogP contribution in [0.5, 0.6) is 0 Å². The fourth-order valence-corrected chi connectivity index (χ4v) is 2.06. The van der Waals surface area contributed by atoms with Crippen molar-refractivity contribution < 1.29 is 4.79 Å². The van der Waals surface area contributed by atoms with Gasteiger partial charge in [0.25, 0.3) is 5.91 Å². The lowest BCUT2D eigenvalue weighted by Crippen LogP contribution is -2.25. The van der Waals surface area contributed by atoms with Gasteiger partial charge >= 0.3 is 0 Å². The highest BCUT2D eigenvalue weighted by molar-refractivity contribution is 7.07. The van der Waals surface area contributed by atoms with E-state index in [2.05, 4.69) is 10.4 Å². The molecular formula is C10H12N4OS. The van der Waals surface area contributed by atoms with Gasteiger partial charge in [-0.05, 0) is 22.4 Å². The molecule has 0 saturated carbocycles. The molecule has 0 saturated heterocycles. The molecule has 0 atom stereocenters. The van der Waals surface area contributed by atoms with Crippen molar-refractivity contribution in [1.29, 1.82) is 0 Å². The molecule has 16 heavy (non-hydrogen) atoms. The molecule has 0 spiro atoms. The number of carbonyl (C=O) groups excluding carboxylic acids is 1. The standard InChI is InChI=1S/C10H12N4OS/c1-14-9(8(11)5-13-14)10(15)12-4-7-2-3-16-6-7/h2-3,5-6H,4,11H2,1H3,(H,12,15). The van der Waals surface area contributed by atoms with Crippen LogP contribution in [0.2, 0.25) is 0 Å². The van der Waals surface area contributed by atoms with Gasteiger partial charge in [-0.15, -0.1) is 0 Å². The molecule has 84 valence electrons. The number of nitrogens with zero attached hydrogens (tertiary/aromatic N) is 2. The number of nitrogen functional groups attached to an aromatic ring is 1. The van der Waals surface area contributed by atoms with Gasteiger partial charge in [0.15, 0.2) is 0 Å². The highest BCUT2D eigenvalue weighted by Crippen LogP contribution is 2.10. The number of nitrogens with one attached hydrogen (secondary N) is 1. The number of hydrogen-bond donors (Lipinski definition) is 2. The molecule has 2 aromatic heterocycles. The number of carbonyl (C=O) groups is 1. The third kappa shape index (κ3) is 2.06. The van der Waals surface area contributed by atoms with Crippen LogP contribution in [-0.2, 0) is 13.6 Å². The predicted molar refractivity (Wildman–Crippen MR) is 63.1 cm³/mol. The van der Waals surface area contributed by atoms with Crippen molar-refractivity contribution >= 4 is 22.9 Å². The summed E-state index contributed by atoms with van der Waals surface area (Å²) in [6.45, 7) is 0.507.